The lowest BCUT2D eigenvalue weighted by molar-refractivity contribution is -0.123. The number of carbonyl (C=O) groups excluding carboxylic acids is 1. The van der Waals surface area contributed by atoms with Gasteiger partial charge in [0.15, 0.2) is 0 Å². The molecule has 0 aliphatic rings. The topological polar surface area (TPSA) is 55.1 Å². The third-order valence-corrected chi connectivity index (χ3v) is 3.99. The van der Waals surface area contributed by atoms with Gasteiger partial charge in [-0.25, -0.2) is 0 Å². The van der Waals surface area contributed by atoms with Crippen molar-refractivity contribution >= 4 is 18.3 Å². The highest BCUT2D eigenvalue weighted by molar-refractivity contribution is 5.85. The van der Waals surface area contributed by atoms with Crippen LogP contribution in [-0.2, 0) is 4.79 Å². The molecule has 0 aliphatic heterocycles. The van der Waals surface area contributed by atoms with Crippen molar-refractivity contribution in [1.82, 2.24) is 5.32 Å². The fourth-order valence-electron chi connectivity index (χ4n) is 2.69. The lowest BCUT2D eigenvalue weighted by Gasteiger charge is -2.22. The fourth-order valence-corrected chi connectivity index (χ4v) is 2.69. The van der Waals surface area contributed by atoms with Gasteiger partial charge in [0, 0.05) is 0 Å². The number of hydrogen-bond acceptors (Lipinski definition) is 2. The second-order valence-corrected chi connectivity index (χ2v) is 5.65. The molecule has 4 heteroatoms. The Hall–Kier alpha value is -2.62. The van der Waals surface area contributed by atoms with Gasteiger partial charge < -0.3 is 11.1 Å². The summed E-state index contributed by atoms with van der Waals surface area (Å²) in [5.74, 6) is -0.195. The first kappa shape index (κ1) is 18.7. The Balaban J connectivity index is 0.00000225. The highest BCUT2D eigenvalue weighted by Gasteiger charge is 2.21. The predicted octanol–water partition coefficient (Wildman–Crippen LogP) is 4.01. The minimum Gasteiger partial charge on any atom is -0.344 e. The molecule has 3 aromatic rings. The Bertz CT molecular complexity index is 739. The Morgan fingerprint density at radius 1 is 0.680 bits per heavy atom. The van der Waals surface area contributed by atoms with Crippen molar-refractivity contribution in [3.63, 3.8) is 0 Å². The van der Waals surface area contributed by atoms with Crippen molar-refractivity contribution in [2.75, 3.05) is 0 Å². The van der Waals surface area contributed by atoms with Crippen LogP contribution in [-0.4, -0.2) is 5.91 Å². The van der Waals surface area contributed by atoms with E-state index in [2.05, 4.69) is 5.32 Å². The Morgan fingerprint density at radius 2 is 1.04 bits per heavy atom. The van der Waals surface area contributed by atoms with E-state index in [0.717, 1.165) is 16.7 Å². The second kappa shape index (κ2) is 9.02. The van der Waals surface area contributed by atoms with E-state index in [1.165, 1.54) is 0 Å². The van der Waals surface area contributed by atoms with Crippen LogP contribution >= 0.6 is 12.4 Å². The number of nitrogens with one attached hydrogen (secondary N) is 1. The largest absolute Gasteiger partial charge is 0.344 e. The molecular formula is C21H21ClN2O. The van der Waals surface area contributed by atoms with Crippen molar-refractivity contribution in [3.8, 4) is 0 Å². The summed E-state index contributed by atoms with van der Waals surface area (Å²) in [7, 11) is 0. The van der Waals surface area contributed by atoms with Crippen molar-refractivity contribution in [2.24, 2.45) is 5.73 Å². The molecular weight excluding hydrogens is 332 g/mol. The van der Waals surface area contributed by atoms with Crippen LogP contribution in [0.25, 0.3) is 0 Å². The molecule has 3 rings (SSSR count). The smallest absolute Gasteiger partial charge is 0.242 e. The van der Waals surface area contributed by atoms with Crippen LogP contribution in [0.15, 0.2) is 91.0 Å². The van der Waals surface area contributed by atoms with Gasteiger partial charge in [0.1, 0.15) is 6.04 Å². The molecule has 1 amide bonds. The van der Waals surface area contributed by atoms with Crippen molar-refractivity contribution in [1.29, 1.82) is 0 Å². The Morgan fingerprint density at radius 3 is 1.44 bits per heavy atom. The average molecular weight is 353 g/mol. The number of nitrogens with two attached hydrogens (primary N) is 1. The molecule has 3 nitrogen and oxygen atoms in total. The fraction of sp³-hybridized carbons (Fsp3) is 0.0952. The molecule has 0 aliphatic carbocycles. The van der Waals surface area contributed by atoms with Crippen LogP contribution in [0.5, 0.6) is 0 Å². The van der Waals surface area contributed by atoms with E-state index >= 15 is 0 Å². The summed E-state index contributed by atoms with van der Waals surface area (Å²) in [6, 6.07) is 28.3. The Labute approximate surface area is 154 Å². The van der Waals surface area contributed by atoms with Gasteiger partial charge in [-0.3, -0.25) is 4.79 Å². The number of carbonyl (C=O) groups is 1. The number of benzene rings is 3. The number of hydrogen-bond donors (Lipinski definition) is 2. The maximum Gasteiger partial charge on any atom is 0.242 e. The third-order valence-electron chi connectivity index (χ3n) is 3.99. The third kappa shape index (κ3) is 4.69. The second-order valence-electron chi connectivity index (χ2n) is 5.65. The maximum atomic E-state index is 12.7. The van der Waals surface area contributed by atoms with E-state index < -0.39 is 6.04 Å². The number of amides is 1. The summed E-state index contributed by atoms with van der Waals surface area (Å²) in [4.78, 5) is 12.7. The first-order chi connectivity index (χ1) is 11.8. The molecule has 3 N–H and O–H groups in total. The molecule has 0 radical (unpaired) electrons. The lowest BCUT2D eigenvalue weighted by Crippen LogP contribution is -2.37. The van der Waals surface area contributed by atoms with Gasteiger partial charge in [0.25, 0.3) is 0 Å². The zero-order chi connectivity index (χ0) is 16.8. The first-order valence-corrected chi connectivity index (χ1v) is 7.96. The van der Waals surface area contributed by atoms with Crippen LogP contribution in [0.1, 0.15) is 28.8 Å². The molecule has 0 saturated carbocycles. The molecule has 0 saturated heterocycles. The molecule has 0 unspecified atom stereocenters. The van der Waals surface area contributed by atoms with Gasteiger partial charge in [0.2, 0.25) is 5.91 Å². The van der Waals surface area contributed by atoms with Gasteiger partial charge in [0.05, 0.1) is 6.04 Å². The van der Waals surface area contributed by atoms with Crippen LogP contribution in [0.2, 0.25) is 0 Å². The van der Waals surface area contributed by atoms with Crippen molar-refractivity contribution in [3.05, 3.63) is 108 Å². The summed E-state index contributed by atoms with van der Waals surface area (Å²) < 4.78 is 0. The van der Waals surface area contributed by atoms with Crippen molar-refractivity contribution in [2.45, 2.75) is 12.1 Å². The van der Waals surface area contributed by atoms with Crippen LogP contribution in [0.4, 0.5) is 0 Å². The van der Waals surface area contributed by atoms with Crippen LogP contribution < -0.4 is 11.1 Å². The molecule has 25 heavy (non-hydrogen) atoms. The SMILES string of the molecule is Cl.N[C@H](C(=O)NC(c1ccccc1)c1ccccc1)c1ccccc1. The molecule has 0 fully saturated rings. The summed E-state index contributed by atoms with van der Waals surface area (Å²) >= 11 is 0. The van der Waals surface area contributed by atoms with Gasteiger partial charge in [-0.05, 0) is 16.7 Å². The molecule has 128 valence electrons. The average Bonchev–Trinajstić information content (AvgIpc) is 2.67. The molecule has 0 heterocycles. The van der Waals surface area contributed by atoms with Crippen LogP contribution in [0.3, 0.4) is 0 Å². The van der Waals surface area contributed by atoms with E-state index in [9.17, 15) is 4.79 Å². The summed E-state index contributed by atoms with van der Waals surface area (Å²) in [5, 5.41) is 3.08. The summed E-state index contributed by atoms with van der Waals surface area (Å²) in [6.07, 6.45) is 0. The first-order valence-electron chi connectivity index (χ1n) is 7.96. The molecule has 3 aromatic carbocycles. The van der Waals surface area contributed by atoms with Gasteiger partial charge in [-0.1, -0.05) is 91.0 Å². The quantitative estimate of drug-likeness (QED) is 0.728. The molecule has 1 atom stereocenters. The van der Waals surface area contributed by atoms with Gasteiger partial charge in [-0.15, -0.1) is 12.4 Å². The predicted molar refractivity (Wildman–Crippen MR) is 103 cm³/mol. The Kier molecular flexibility index (Phi) is 6.75. The zero-order valence-electron chi connectivity index (χ0n) is 13.7. The van der Waals surface area contributed by atoms with E-state index in [1.54, 1.807) is 0 Å². The van der Waals surface area contributed by atoms with E-state index in [0.29, 0.717) is 0 Å². The van der Waals surface area contributed by atoms with E-state index in [-0.39, 0.29) is 24.4 Å². The summed E-state index contributed by atoms with van der Waals surface area (Å²) in [6.45, 7) is 0. The van der Waals surface area contributed by atoms with Gasteiger partial charge in [-0.2, -0.15) is 0 Å². The minimum atomic E-state index is -0.693. The van der Waals surface area contributed by atoms with Crippen LogP contribution in [0, 0.1) is 0 Å². The minimum absolute atomic E-state index is 0. The molecule has 0 spiro atoms. The van der Waals surface area contributed by atoms with E-state index in [1.807, 2.05) is 91.0 Å². The standard InChI is InChI=1S/C21H20N2O.ClH/c22-19(16-10-4-1-5-11-16)21(24)23-20(17-12-6-2-7-13-17)18-14-8-3-9-15-18;/h1-15,19-20H,22H2,(H,23,24);1H/t19-;/m0./s1. The summed E-state index contributed by atoms with van der Waals surface area (Å²) in [5.41, 5.74) is 8.98. The number of halogens is 1. The molecule has 0 aromatic heterocycles. The normalized spacial score (nSPS) is 11.4. The zero-order valence-corrected chi connectivity index (χ0v) is 14.5. The van der Waals surface area contributed by atoms with E-state index in [4.69, 9.17) is 5.73 Å². The van der Waals surface area contributed by atoms with Crippen molar-refractivity contribution < 1.29 is 4.79 Å². The monoisotopic (exact) mass is 352 g/mol. The lowest BCUT2D eigenvalue weighted by atomic mass is 9.97. The number of rotatable bonds is 5. The highest BCUT2D eigenvalue weighted by Crippen LogP contribution is 2.23. The highest BCUT2D eigenvalue weighted by atomic mass is 35.5. The van der Waals surface area contributed by atoms with Gasteiger partial charge >= 0.3 is 0 Å². The molecule has 0 bridgehead atoms. The maximum absolute atomic E-state index is 12.7.